The van der Waals surface area contributed by atoms with Crippen molar-refractivity contribution in [3.8, 4) is 0 Å². The molecule has 0 bridgehead atoms. The van der Waals surface area contributed by atoms with Gasteiger partial charge in [-0.3, -0.25) is 4.79 Å². The first-order valence-corrected chi connectivity index (χ1v) is 6.86. The van der Waals surface area contributed by atoms with Gasteiger partial charge in [-0.15, -0.1) is 0 Å². The number of amides is 1. The first-order chi connectivity index (χ1) is 8.00. The fourth-order valence-electron chi connectivity index (χ4n) is 2.89. The molecular formula is C14H24N2O. The van der Waals surface area contributed by atoms with Gasteiger partial charge in [0.25, 0.3) is 0 Å². The normalized spacial score (nSPS) is 26.5. The SMILES string of the molecule is CC(C)(C)C(=O)N1N=CC[C@H]1C1CCCCC1. The van der Waals surface area contributed by atoms with Crippen molar-refractivity contribution in [2.75, 3.05) is 0 Å². The summed E-state index contributed by atoms with van der Waals surface area (Å²) in [6.45, 7) is 5.92. The maximum atomic E-state index is 12.3. The lowest BCUT2D eigenvalue weighted by molar-refractivity contribution is -0.142. The fourth-order valence-corrected chi connectivity index (χ4v) is 2.89. The van der Waals surface area contributed by atoms with Gasteiger partial charge in [0.1, 0.15) is 0 Å². The van der Waals surface area contributed by atoms with E-state index in [1.54, 1.807) is 5.01 Å². The summed E-state index contributed by atoms with van der Waals surface area (Å²) in [6, 6.07) is 0.335. The van der Waals surface area contributed by atoms with Crippen LogP contribution in [-0.2, 0) is 4.79 Å². The molecule has 17 heavy (non-hydrogen) atoms. The van der Waals surface area contributed by atoms with E-state index in [0.717, 1.165) is 6.42 Å². The standard InChI is InChI=1S/C14H24N2O/c1-14(2,3)13(17)16-12(9-10-15-16)11-7-5-4-6-8-11/h10-12H,4-9H2,1-3H3/t12-/m0/s1. The molecule has 1 amide bonds. The van der Waals surface area contributed by atoms with E-state index < -0.39 is 0 Å². The Balaban J connectivity index is 2.06. The maximum Gasteiger partial charge on any atom is 0.248 e. The summed E-state index contributed by atoms with van der Waals surface area (Å²) in [5.41, 5.74) is -0.325. The van der Waals surface area contributed by atoms with Crippen LogP contribution in [0.2, 0.25) is 0 Å². The second-order valence-electron chi connectivity index (χ2n) is 6.40. The van der Waals surface area contributed by atoms with E-state index in [2.05, 4.69) is 5.10 Å². The van der Waals surface area contributed by atoms with E-state index in [0.29, 0.717) is 12.0 Å². The lowest BCUT2D eigenvalue weighted by Crippen LogP contribution is -2.44. The molecule has 96 valence electrons. The molecule has 0 aromatic carbocycles. The molecule has 0 aromatic heterocycles. The van der Waals surface area contributed by atoms with E-state index in [-0.39, 0.29) is 11.3 Å². The van der Waals surface area contributed by atoms with Gasteiger partial charge in [-0.05, 0) is 18.8 Å². The van der Waals surface area contributed by atoms with Crippen molar-refractivity contribution in [3.05, 3.63) is 0 Å². The van der Waals surface area contributed by atoms with Crippen molar-refractivity contribution in [1.29, 1.82) is 0 Å². The molecule has 1 heterocycles. The van der Waals surface area contributed by atoms with Gasteiger partial charge in [0.2, 0.25) is 5.91 Å². The van der Waals surface area contributed by atoms with Crippen LogP contribution >= 0.6 is 0 Å². The number of hydrazone groups is 1. The van der Waals surface area contributed by atoms with Crippen LogP contribution in [0.3, 0.4) is 0 Å². The molecule has 0 saturated heterocycles. The molecule has 0 unspecified atom stereocenters. The molecule has 3 heteroatoms. The molecule has 2 rings (SSSR count). The zero-order chi connectivity index (χ0) is 12.5. The molecule has 0 spiro atoms. The molecule has 1 atom stereocenters. The smallest absolute Gasteiger partial charge is 0.248 e. The van der Waals surface area contributed by atoms with Crippen LogP contribution in [0.25, 0.3) is 0 Å². The van der Waals surface area contributed by atoms with Gasteiger partial charge in [-0.2, -0.15) is 5.10 Å². The Hall–Kier alpha value is -0.860. The van der Waals surface area contributed by atoms with E-state index in [1.165, 1.54) is 32.1 Å². The summed E-state index contributed by atoms with van der Waals surface area (Å²) >= 11 is 0. The minimum Gasteiger partial charge on any atom is -0.272 e. The quantitative estimate of drug-likeness (QED) is 0.688. The highest BCUT2D eigenvalue weighted by atomic mass is 16.2. The zero-order valence-electron chi connectivity index (χ0n) is 11.3. The molecule has 0 radical (unpaired) electrons. The van der Waals surface area contributed by atoms with Crippen molar-refractivity contribution < 1.29 is 4.79 Å². The topological polar surface area (TPSA) is 32.7 Å². The summed E-state index contributed by atoms with van der Waals surface area (Å²) in [6.07, 6.45) is 9.40. The fraction of sp³-hybridized carbons (Fsp3) is 0.857. The third-order valence-corrected chi connectivity index (χ3v) is 3.91. The van der Waals surface area contributed by atoms with E-state index >= 15 is 0 Å². The number of hydrogen-bond acceptors (Lipinski definition) is 2. The van der Waals surface area contributed by atoms with Crippen LogP contribution in [0.1, 0.15) is 59.3 Å². The minimum atomic E-state index is -0.325. The molecule has 1 fully saturated rings. The van der Waals surface area contributed by atoms with Gasteiger partial charge in [-0.1, -0.05) is 40.0 Å². The van der Waals surface area contributed by atoms with E-state index in [9.17, 15) is 4.79 Å². The maximum absolute atomic E-state index is 12.3. The van der Waals surface area contributed by atoms with E-state index in [4.69, 9.17) is 0 Å². The summed E-state index contributed by atoms with van der Waals surface area (Å²) in [5.74, 6) is 0.833. The summed E-state index contributed by atoms with van der Waals surface area (Å²) in [7, 11) is 0. The molecule has 2 aliphatic rings. The number of carbonyl (C=O) groups is 1. The van der Waals surface area contributed by atoms with Crippen LogP contribution in [0, 0.1) is 11.3 Å². The minimum absolute atomic E-state index is 0.168. The van der Waals surface area contributed by atoms with Crippen LogP contribution in [-0.4, -0.2) is 23.2 Å². The Morgan fingerprint density at radius 2 is 1.88 bits per heavy atom. The van der Waals surface area contributed by atoms with Crippen molar-refractivity contribution >= 4 is 12.1 Å². The number of hydrogen-bond donors (Lipinski definition) is 0. The Kier molecular flexibility index (Phi) is 3.55. The van der Waals surface area contributed by atoms with Crippen molar-refractivity contribution in [2.45, 2.75) is 65.3 Å². The highest BCUT2D eigenvalue weighted by molar-refractivity contribution is 5.83. The summed E-state index contributed by atoms with van der Waals surface area (Å²) < 4.78 is 0. The highest BCUT2D eigenvalue weighted by Crippen LogP contribution is 2.34. The van der Waals surface area contributed by atoms with Crippen LogP contribution in [0.5, 0.6) is 0 Å². The van der Waals surface area contributed by atoms with Gasteiger partial charge in [0.05, 0.1) is 6.04 Å². The Bertz CT molecular complexity index is 311. The predicted molar refractivity (Wildman–Crippen MR) is 69.8 cm³/mol. The van der Waals surface area contributed by atoms with Gasteiger partial charge >= 0.3 is 0 Å². The molecule has 1 aliphatic carbocycles. The van der Waals surface area contributed by atoms with E-state index in [1.807, 2.05) is 27.0 Å². The monoisotopic (exact) mass is 236 g/mol. The molecule has 0 N–H and O–H groups in total. The first kappa shape index (κ1) is 12.6. The Morgan fingerprint density at radius 3 is 2.47 bits per heavy atom. The third kappa shape index (κ3) is 2.70. The zero-order valence-corrected chi connectivity index (χ0v) is 11.3. The summed E-state index contributed by atoms with van der Waals surface area (Å²) in [4.78, 5) is 12.3. The third-order valence-electron chi connectivity index (χ3n) is 3.91. The van der Waals surface area contributed by atoms with Crippen LogP contribution in [0.15, 0.2) is 5.10 Å². The number of nitrogens with zero attached hydrogens (tertiary/aromatic N) is 2. The predicted octanol–water partition coefficient (Wildman–Crippen LogP) is 3.20. The van der Waals surface area contributed by atoms with Crippen molar-refractivity contribution in [3.63, 3.8) is 0 Å². The first-order valence-electron chi connectivity index (χ1n) is 6.86. The van der Waals surface area contributed by atoms with Crippen molar-refractivity contribution in [2.24, 2.45) is 16.4 Å². The summed E-state index contributed by atoms with van der Waals surface area (Å²) in [5, 5.41) is 6.09. The van der Waals surface area contributed by atoms with Gasteiger partial charge < -0.3 is 0 Å². The largest absolute Gasteiger partial charge is 0.272 e. The lowest BCUT2D eigenvalue weighted by atomic mass is 9.82. The average molecular weight is 236 g/mol. The lowest BCUT2D eigenvalue weighted by Gasteiger charge is -2.34. The Labute approximate surface area is 104 Å². The number of rotatable bonds is 1. The van der Waals surface area contributed by atoms with Gasteiger partial charge in [0, 0.05) is 18.1 Å². The van der Waals surface area contributed by atoms with Crippen LogP contribution < -0.4 is 0 Å². The molecule has 3 nitrogen and oxygen atoms in total. The van der Waals surface area contributed by atoms with Gasteiger partial charge in [0.15, 0.2) is 0 Å². The van der Waals surface area contributed by atoms with Crippen LogP contribution in [0.4, 0.5) is 0 Å². The Morgan fingerprint density at radius 1 is 1.24 bits per heavy atom. The average Bonchev–Trinajstić information content (AvgIpc) is 2.76. The molecular weight excluding hydrogens is 212 g/mol. The second kappa shape index (κ2) is 4.79. The molecule has 1 aliphatic heterocycles. The number of carbonyl (C=O) groups excluding carboxylic acids is 1. The molecule has 0 aromatic rings. The molecule has 1 saturated carbocycles. The van der Waals surface area contributed by atoms with Gasteiger partial charge in [-0.25, -0.2) is 5.01 Å². The van der Waals surface area contributed by atoms with Crippen molar-refractivity contribution in [1.82, 2.24) is 5.01 Å². The second-order valence-corrected chi connectivity index (χ2v) is 6.40. The highest BCUT2D eigenvalue weighted by Gasteiger charge is 2.38.